The molecule has 0 aromatic carbocycles. The third-order valence-corrected chi connectivity index (χ3v) is 4.31. The van der Waals surface area contributed by atoms with Crippen LogP contribution in [0.3, 0.4) is 0 Å². The molecule has 13 heavy (non-hydrogen) atoms. The highest BCUT2D eigenvalue weighted by Gasteiger charge is 2.44. The number of nitrogens with two attached hydrogens (primary N) is 1. The Kier molecular flexibility index (Phi) is 3.66. The quantitative estimate of drug-likeness (QED) is 0.735. The average molecular weight is 203 g/mol. The van der Waals surface area contributed by atoms with Gasteiger partial charge in [0.05, 0.1) is 5.60 Å². The van der Waals surface area contributed by atoms with Gasteiger partial charge in [-0.05, 0) is 31.9 Å². The fraction of sp³-hybridized carbons (Fsp3) is 1.00. The number of aliphatic hydroxyl groups is 1. The van der Waals surface area contributed by atoms with Crippen LogP contribution in [-0.4, -0.2) is 27.8 Å². The smallest absolute Gasteiger partial charge is 0.0913 e. The molecule has 1 heterocycles. The summed E-state index contributed by atoms with van der Waals surface area (Å²) >= 11 is 1.82. The van der Waals surface area contributed by atoms with Gasteiger partial charge >= 0.3 is 0 Å². The average Bonchev–Trinajstić information content (AvgIpc) is 2.05. The molecule has 2 nitrogen and oxygen atoms in total. The molecule has 1 aliphatic heterocycles. The van der Waals surface area contributed by atoms with Crippen molar-refractivity contribution < 1.29 is 5.11 Å². The summed E-state index contributed by atoms with van der Waals surface area (Å²) in [6.07, 6.45) is 3.91. The van der Waals surface area contributed by atoms with Gasteiger partial charge < -0.3 is 10.8 Å². The summed E-state index contributed by atoms with van der Waals surface area (Å²) in [5.74, 6) is 1.98. The van der Waals surface area contributed by atoms with E-state index in [2.05, 4.69) is 6.92 Å². The van der Waals surface area contributed by atoms with Crippen molar-refractivity contribution in [2.45, 2.75) is 50.7 Å². The molecule has 0 aromatic heterocycles. The highest BCUT2D eigenvalue weighted by molar-refractivity contribution is 7.99. The second kappa shape index (κ2) is 4.20. The second-order valence-electron chi connectivity index (χ2n) is 4.36. The number of hydrogen-bond donors (Lipinski definition) is 2. The van der Waals surface area contributed by atoms with E-state index in [9.17, 15) is 5.11 Å². The van der Waals surface area contributed by atoms with Gasteiger partial charge in [0, 0.05) is 11.3 Å². The van der Waals surface area contributed by atoms with Gasteiger partial charge in [0.25, 0.3) is 0 Å². The van der Waals surface area contributed by atoms with E-state index in [1.165, 1.54) is 5.75 Å². The van der Waals surface area contributed by atoms with Crippen molar-refractivity contribution >= 4 is 11.8 Å². The van der Waals surface area contributed by atoms with Crippen molar-refractivity contribution in [2.24, 2.45) is 5.73 Å². The Morgan fingerprint density at radius 3 is 2.77 bits per heavy atom. The molecule has 1 aliphatic rings. The van der Waals surface area contributed by atoms with Crippen LogP contribution in [0.4, 0.5) is 0 Å². The van der Waals surface area contributed by atoms with Crippen molar-refractivity contribution in [3.05, 3.63) is 0 Å². The molecule has 0 saturated carbocycles. The van der Waals surface area contributed by atoms with Crippen molar-refractivity contribution in [1.82, 2.24) is 0 Å². The summed E-state index contributed by atoms with van der Waals surface area (Å²) in [5.41, 5.74) is 5.13. The number of thioether (sulfide) groups is 1. The van der Waals surface area contributed by atoms with Crippen molar-refractivity contribution in [3.63, 3.8) is 0 Å². The zero-order valence-electron chi connectivity index (χ0n) is 8.68. The molecule has 0 bridgehead atoms. The lowest BCUT2D eigenvalue weighted by molar-refractivity contribution is -0.0211. The van der Waals surface area contributed by atoms with Crippen LogP contribution >= 0.6 is 11.8 Å². The molecular weight excluding hydrogens is 182 g/mol. The first-order chi connectivity index (χ1) is 6.02. The van der Waals surface area contributed by atoms with Crippen LogP contribution in [0.1, 0.15) is 39.5 Å². The van der Waals surface area contributed by atoms with Crippen LogP contribution in [0.2, 0.25) is 0 Å². The molecule has 2 unspecified atom stereocenters. The molecule has 0 amide bonds. The molecule has 2 atom stereocenters. The number of hydrogen-bond acceptors (Lipinski definition) is 3. The first kappa shape index (κ1) is 11.3. The molecule has 78 valence electrons. The lowest BCUT2D eigenvalue weighted by atomic mass is 9.77. The van der Waals surface area contributed by atoms with Crippen molar-refractivity contribution in [2.75, 3.05) is 11.5 Å². The highest BCUT2D eigenvalue weighted by atomic mass is 32.2. The van der Waals surface area contributed by atoms with E-state index in [0.29, 0.717) is 0 Å². The molecule has 1 rings (SSSR count). The van der Waals surface area contributed by atoms with Gasteiger partial charge in [-0.15, -0.1) is 0 Å². The van der Waals surface area contributed by atoms with Crippen LogP contribution in [0.15, 0.2) is 0 Å². The Balaban J connectivity index is 2.64. The molecule has 3 heteroatoms. The Labute approximate surface area is 85.3 Å². The van der Waals surface area contributed by atoms with E-state index in [1.807, 2.05) is 18.7 Å². The van der Waals surface area contributed by atoms with Gasteiger partial charge in [-0.25, -0.2) is 0 Å². The largest absolute Gasteiger partial charge is 0.387 e. The lowest BCUT2D eigenvalue weighted by Crippen LogP contribution is -2.61. The Hall–Kier alpha value is 0.270. The van der Waals surface area contributed by atoms with Crippen LogP contribution in [0, 0.1) is 0 Å². The first-order valence-electron chi connectivity index (χ1n) is 5.11. The highest BCUT2D eigenvalue weighted by Crippen LogP contribution is 2.36. The molecule has 0 aliphatic carbocycles. The topological polar surface area (TPSA) is 46.2 Å². The maximum absolute atomic E-state index is 10.4. The second-order valence-corrected chi connectivity index (χ2v) is 5.46. The molecule has 3 N–H and O–H groups in total. The van der Waals surface area contributed by atoms with Gasteiger partial charge in [-0.2, -0.15) is 11.8 Å². The van der Waals surface area contributed by atoms with E-state index in [1.54, 1.807) is 0 Å². The fourth-order valence-electron chi connectivity index (χ4n) is 1.98. The maximum atomic E-state index is 10.4. The zero-order chi connectivity index (χ0) is 9.95. The standard InChI is InChI=1S/C10H21NOS/c1-3-5-9(2,11)10(12)6-4-7-13-8-10/h12H,3-8,11H2,1-2H3. The molecular formula is C10H21NOS. The zero-order valence-corrected chi connectivity index (χ0v) is 9.49. The third-order valence-electron chi connectivity index (χ3n) is 3.05. The van der Waals surface area contributed by atoms with E-state index >= 15 is 0 Å². The number of rotatable bonds is 3. The Morgan fingerprint density at radius 1 is 1.62 bits per heavy atom. The predicted molar refractivity (Wildman–Crippen MR) is 59.0 cm³/mol. The Bertz CT molecular complexity index is 164. The van der Waals surface area contributed by atoms with E-state index in [0.717, 1.165) is 31.4 Å². The predicted octanol–water partition coefficient (Wildman–Crippen LogP) is 1.76. The summed E-state index contributed by atoms with van der Waals surface area (Å²) in [6.45, 7) is 4.10. The fourth-order valence-corrected chi connectivity index (χ4v) is 3.29. The van der Waals surface area contributed by atoms with Gasteiger partial charge in [0.1, 0.15) is 0 Å². The van der Waals surface area contributed by atoms with Crippen molar-refractivity contribution in [3.8, 4) is 0 Å². The minimum absolute atomic E-state index is 0.408. The Morgan fingerprint density at radius 2 is 2.31 bits per heavy atom. The van der Waals surface area contributed by atoms with Crippen LogP contribution in [0.5, 0.6) is 0 Å². The molecule has 1 fully saturated rings. The van der Waals surface area contributed by atoms with Crippen LogP contribution in [-0.2, 0) is 0 Å². The normalized spacial score (nSPS) is 34.2. The van der Waals surface area contributed by atoms with Gasteiger partial charge in [-0.1, -0.05) is 13.3 Å². The lowest BCUT2D eigenvalue weighted by Gasteiger charge is -2.44. The van der Waals surface area contributed by atoms with Crippen LogP contribution < -0.4 is 5.73 Å². The molecule has 0 radical (unpaired) electrons. The monoisotopic (exact) mass is 203 g/mol. The van der Waals surface area contributed by atoms with Gasteiger partial charge in [0.2, 0.25) is 0 Å². The maximum Gasteiger partial charge on any atom is 0.0913 e. The van der Waals surface area contributed by atoms with Gasteiger partial charge in [-0.3, -0.25) is 0 Å². The van der Waals surface area contributed by atoms with E-state index < -0.39 is 11.1 Å². The molecule has 0 aromatic rings. The minimum atomic E-state index is -0.633. The SMILES string of the molecule is CCCC(C)(N)C1(O)CCCSC1. The van der Waals surface area contributed by atoms with Gasteiger partial charge in [0.15, 0.2) is 0 Å². The summed E-state index contributed by atoms with van der Waals surface area (Å²) < 4.78 is 0. The molecule has 1 saturated heterocycles. The third kappa shape index (κ3) is 2.39. The summed E-state index contributed by atoms with van der Waals surface area (Å²) in [5, 5.41) is 10.4. The molecule has 0 spiro atoms. The summed E-state index contributed by atoms with van der Waals surface area (Å²) in [7, 11) is 0. The summed E-state index contributed by atoms with van der Waals surface area (Å²) in [4.78, 5) is 0. The van der Waals surface area contributed by atoms with Crippen LogP contribution in [0.25, 0.3) is 0 Å². The minimum Gasteiger partial charge on any atom is -0.387 e. The van der Waals surface area contributed by atoms with E-state index in [-0.39, 0.29) is 0 Å². The van der Waals surface area contributed by atoms with E-state index in [4.69, 9.17) is 5.73 Å². The first-order valence-corrected chi connectivity index (χ1v) is 6.26. The van der Waals surface area contributed by atoms with Crippen molar-refractivity contribution in [1.29, 1.82) is 0 Å². The summed E-state index contributed by atoms with van der Waals surface area (Å²) in [6, 6.07) is 0.